The normalized spacial score (nSPS) is 12.7. The minimum Gasteiger partial charge on any atom is -0.326 e. The van der Waals surface area contributed by atoms with Crippen LogP contribution in [0.1, 0.15) is 17.0 Å². The van der Waals surface area contributed by atoms with Crippen molar-refractivity contribution in [1.82, 2.24) is 14.8 Å². The second-order valence-electron chi connectivity index (χ2n) is 4.05. The Morgan fingerprint density at radius 2 is 1.71 bits per heavy atom. The summed E-state index contributed by atoms with van der Waals surface area (Å²) < 4.78 is 75.9. The van der Waals surface area contributed by atoms with Crippen molar-refractivity contribution in [3.8, 4) is 5.69 Å². The van der Waals surface area contributed by atoms with E-state index in [0.29, 0.717) is 6.07 Å². The minimum atomic E-state index is -4.70. The summed E-state index contributed by atoms with van der Waals surface area (Å²) in [6.07, 6.45) is -7.52. The van der Waals surface area contributed by atoms with Crippen LogP contribution in [0.5, 0.6) is 0 Å². The maximum absolute atomic E-state index is 12.7. The van der Waals surface area contributed by atoms with Crippen LogP contribution in [-0.2, 0) is 18.9 Å². The van der Waals surface area contributed by atoms with Crippen molar-refractivity contribution in [2.45, 2.75) is 18.9 Å². The first-order valence-corrected chi connectivity index (χ1v) is 5.52. The van der Waals surface area contributed by atoms with Crippen molar-refractivity contribution >= 4 is 0 Å². The third kappa shape index (κ3) is 3.15. The third-order valence-electron chi connectivity index (χ3n) is 2.58. The average Bonchev–Trinajstić information content (AvgIpc) is 2.82. The summed E-state index contributed by atoms with van der Waals surface area (Å²) >= 11 is 0. The summed E-state index contributed by atoms with van der Waals surface area (Å²) in [4.78, 5) is 3.15. The maximum Gasteiger partial charge on any atom is 0.435 e. The fourth-order valence-corrected chi connectivity index (χ4v) is 1.62. The van der Waals surface area contributed by atoms with E-state index >= 15 is 0 Å². The fraction of sp³-hybridized carbons (Fsp3) is 0.273. The van der Waals surface area contributed by atoms with Gasteiger partial charge in [-0.05, 0) is 12.1 Å². The summed E-state index contributed by atoms with van der Waals surface area (Å²) in [7, 11) is 0. The largest absolute Gasteiger partial charge is 0.435 e. The molecule has 10 heteroatoms. The molecular weight excluding hydrogens is 302 g/mol. The molecule has 0 aromatic carbocycles. The highest BCUT2D eigenvalue weighted by molar-refractivity contribution is 5.32. The zero-order valence-electron chi connectivity index (χ0n) is 10.2. The van der Waals surface area contributed by atoms with Crippen LogP contribution in [0.4, 0.5) is 26.3 Å². The van der Waals surface area contributed by atoms with E-state index in [9.17, 15) is 26.3 Å². The van der Waals surface area contributed by atoms with E-state index in [2.05, 4.69) is 10.1 Å². The standard InChI is InChI=1S/C11H8F6N4/c12-10(13,14)8-2-1-7(4-19-8)21-5-6(3-18)9(20-21)11(15,16)17/h1-2,4-5H,3,18H2. The predicted molar refractivity (Wildman–Crippen MR) is 59.3 cm³/mol. The van der Waals surface area contributed by atoms with Gasteiger partial charge in [0.1, 0.15) is 5.69 Å². The summed E-state index contributed by atoms with van der Waals surface area (Å²) in [5.74, 6) is 0. The van der Waals surface area contributed by atoms with E-state index in [0.717, 1.165) is 23.1 Å². The monoisotopic (exact) mass is 310 g/mol. The van der Waals surface area contributed by atoms with Gasteiger partial charge >= 0.3 is 12.4 Å². The number of pyridine rings is 1. The van der Waals surface area contributed by atoms with Gasteiger partial charge in [-0.25, -0.2) is 9.67 Å². The lowest BCUT2D eigenvalue weighted by Gasteiger charge is -2.06. The number of alkyl halides is 6. The second kappa shape index (κ2) is 5.02. The molecule has 2 rings (SSSR count). The van der Waals surface area contributed by atoms with Crippen LogP contribution in [0.15, 0.2) is 24.5 Å². The fourth-order valence-electron chi connectivity index (χ4n) is 1.62. The van der Waals surface area contributed by atoms with Crippen molar-refractivity contribution in [1.29, 1.82) is 0 Å². The SMILES string of the molecule is NCc1cn(-c2ccc(C(F)(F)F)nc2)nc1C(F)(F)F. The molecule has 0 saturated carbocycles. The van der Waals surface area contributed by atoms with E-state index in [-0.39, 0.29) is 11.3 Å². The lowest BCUT2D eigenvalue weighted by molar-refractivity contribution is -0.142. The Bertz CT molecular complexity index is 626. The second-order valence-corrected chi connectivity index (χ2v) is 4.05. The lowest BCUT2D eigenvalue weighted by Crippen LogP contribution is -2.11. The molecule has 2 N–H and O–H groups in total. The summed E-state index contributed by atoms with van der Waals surface area (Å²) in [5.41, 5.74) is 2.59. The van der Waals surface area contributed by atoms with Crippen LogP contribution in [0, 0.1) is 0 Å². The molecule has 2 heterocycles. The van der Waals surface area contributed by atoms with Gasteiger partial charge < -0.3 is 5.73 Å². The number of halogens is 6. The zero-order chi connectivity index (χ0) is 15.8. The van der Waals surface area contributed by atoms with Gasteiger partial charge in [0.2, 0.25) is 0 Å². The smallest absolute Gasteiger partial charge is 0.326 e. The van der Waals surface area contributed by atoms with Gasteiger partial charge in [-0.3, -0.25) is 0 Å². The molecule has 21 heavy (non-hydrogen) atoms. The molecule has 0 saturated heterocycles. The Hall–Kier alpha value is -2.10. The van der Waals surface area contributed by atoms with Crippen molar-refractivity contribution in [3.05, 3.63) is 41.5 Å². The maximum atomic E-state index is 12.7. The summed E-state index contributed by atoms with van der Waals surface area (Å²) in [6, 6.07) is 1.63. The molecule has 0 radical (unpaired) electrons. The van der Waals surface area contributed by atoms with E-state index in [1.54, 1.807) is 0 Å². The van der Waals surface area contributed by atoms with Crippen molar-refractivity contribution in [2.24, 2.45) is 5.73 Å². The summed E-state index contributed by atoms with van der Waals surface area (Å²) in [5, 5.41) is 3.30. The average molecular weight is 310 g/mol. The molecule has 0 aliphatic carbocycles. The van der Waals surface area contributed by atoms with Crippen LogP contribution in [0.2, 0.25) is 0 Å². The number of rotatable bonds is 2. The number of nitrogens with zero attached hydrogens (tertiary/aromatic N) is 3. The van der Waals surface area contributed by atoms with E-state index < -0.39 is 30.3 Å². The van der Waals surface area contributed by atoms with Crippen LogP contribution < -0.4 is 5.73 Å². The molecule has 0 unspecified atom stereocenters. The van der Waals surface area contributed by atoms with Crippen LogP contribution >= 0.6 is 0 Å². The highest BCUT2D eigenvalue weighted by Gasteiger charge is 2.37. The van der Waals surface area contributed by atoms with Gasteiger partial charge in [0.05, 0.1) is 11.9 Å². The van der Waals surface area contributed by atoms with Gasteiger partial charge in [-0.2, -0.15) is 31.4 Å². The number of aromatic nitrogens is 3. The van der Waals surface area contributed by atoms with Crippen LogP contribution in [0.3, 0.4) is 0 Å². The van der Waals surface area contributed by atoms with Gasteiger partial charge in [0, 0.05) is 18.3 Å². The highest BCUT2D eigenvalue weighted by atomic mass is 19.4. The molecule has 0 bridgehead atoms. The van der Waals surface area contributed by atoms with Crippen molar-refractivity contribution in [3.63, 3.8) is 0 Å². The van der Waals surface area contributed by atoms with Gasteiger partial charge in [-0.15, -0.1) is 0 Å². The first-order valence-electron chi connectivity index (χ1n) is 5.52. The molecule has 0 fully saturated rings. The Balaban J connectivity index is 2.41. The molecule has 114 valence electrons. The van der Waals surface area contributed by atoms with E-state index in [4.69, 9.17) is 5.73 Å². The van der Waals surface area contributed by atoms with Crippen LogP contribution in [-0.4, -0.2) is 14.8 Å². The quantitative estimate of drug-likeness (QED) is 0.868. The van der Waals surface area contributed by atoms with E-state index in [1.165, 1.54) is 0 Å². The number of hydrogen-bond acceptors (Lipinski definition) is 3. The molecule has 4 nitrogen and oxygen atoms in total. The topological polar surface area (TPSA) is 56.7 Å². The van der Waals surface area contributed by atoms with Gasteiger partial charge in [-0.1, -0.05) is 0 Å². The number of hydrogen-bond donors (Lipinski definition) is 1. The summed E-state index contributed by atoms with van der Waals surface area (Å²) in [6.45, 7) is -0.400. The van der Waals surface area contributed by atoms with E-state index in [1.807, 2.05) is 0 Å². The first-order chi connectivity index (χ1) is 9.63. The Kier molecular flexibility index (Phi) is 3.66. The molecule has 0 amide bonds. The molecule has 2 aromatic heterocycles. The predicted octanol–water partition coefficient (Wildman–Crippen LogP) is 2.76. The molecule has 0 spiro atoms. The first kappa shape index (κ1) is 15.3. The molecule has 0 aliphatic rings. The molecular formula is C11H8F6N4. The lowest BCUT2D eigenvalue weighted by atomic mass is 10.2. The number of nitrogens with two attached hydrogens (primary N) is 1. The Labute approximate surface area is 114 Å². The molecule has 2 aromatic rings. The highest BCUT2D eigenvalue weighted by Crippen LogP contribution is 2.31. The molecule has 0 aliphatic heterocycles. The Morgan fingerprint density at radius 3 is 2.10 bits per heavy atom. The van der Waals surface area contributed by atoms with Crippen molar-refractivity contribution < 1.29 is 26.3 Å². The zero-order valence-corrected chi connectivity index (χ0v) is 10.2. The third-order valence-corrected chi connectivity index (χ3v) is 2.58. The van der Waals surface area contributed by atoms with Crippen LogP contribution in [0.25, 0.3) is 5.69 Å². The van der Waals surface area contributed by atoms with Gasteiger partial charge in [0.25, 0.3) is 0 Å². The minimum absolute atomic E-state index is 0.0341. The van der Waals surface area contributed by atoms with Crippen molar-refractivity contribution in [2.75, 3.05) is 0 Å². The Morgan fingerprint density at radius 1 is 1.05 bits per heavy atom. The molecule has 0 atom stereocenters. The van der Waals surface area contributed by atoms with Gasteiger partial charge in [0.15, 0.2) is 5.69 Å².